The highest BCUT2D eigenvalue weighted by Crippen LogP contribution is 2.38. The van der Waals surface area contributed by atoms with Gasteiger partial charge < -0.3 is 14.4 Å². The zero-order valence-corrected chi connectivity index (χ0v) is 12.8. The van der Waals surface area contributed by atoms with Crippen molar-refractivity contribution in [2.24, 2.45) is 5.92 Å². The molecule has 1 aromatic rings. The van der Waals surface area contributed by atoms with E-state index in [0.717, 1.165) is 32.4 Å². The van der Waals surface area contributed by atoms with Crippen molar-refractivity contribution in [1.29, 1.82) is 0 Å². The highest BCUT2D eigenvalue weighted by atomic mass is 16.3. The molecule has 2 aliphatic heterocycles. The summed E-state index contributed by atoms with van der Waals surface area (Å²) in [5.41, 5.74) is 0.433. The molecule has 6 heteroatoms. The SMILES string of the molecule is O=C(c1coc(CN2CC[C@H](O)C2)n1)N1CC[C@@H]2CCC[C@@H]21. The van der Waals surface area contributed by atoms with E-state index in [0.29, 0.717) is 36.6 Å². The molecule has 0 spiro atoms. The zero-order valence-electron chi connectivity index (χ0n) is 12.8. The molecule has 1 aromatic heterocycles. The molecule has 0 radical (unpaired) electrons. The van der Waals surface area contributed by atoms with E-state index in [2.05, 4.69) is 9.88 Å². The van der Waals surface area contributed by atoms with E-state index in [1.165, 1.54) is 19.1 Å². The van der Waals surface area contributed by atoms with E-state index in [-0.39, 0.29) is 12.0 Å². The molecule has 22 heavy (non-hydrogen) atoms. The van der Waals surface area contributed by atoms with Gasteiger partial charge in [0, 0.05) is 25.7 Å². The predicted molar refractivity (Wildman–Crippen MR) is 79.2 cm³/mol. The van der Waals surface area contributed by atoms with E-state index in [4.69, 9.17) is 4.42 Å². The van der Waals surface area contributed by atoms with Gasteiger partial charge in [-0.05, 0) is 31.6 Å². The van der Waals surface area contributed by atoms with Gasteiger partial charge in [-0.2, -0.15) is 0 Å². The molecule has 0 aromatic carbocycles. The summed E-state index contributed by atoms with van der Waals surface area (Å²) in [5, 5.41) is 9.55. The molecule has 4 rings (SSSR count). The van der Waals surface area contributed by atoms with Crippen molar-refractivity contribution in [1.82, 2.24) is 14.8 Å². The average molecular weight is 305 g/mol. The Labute approximate surface area is 130 Å². The molecule has 3 aliphatic rings. The highest BCUT2D eigenvalue weighted by Gasteiger charge is 2.40. The summed E-state index contributed by atoms with van der Waals surface area (Å²) in [7, 11) is 0. The molecule has 3 heterocycles. The summed E-state index contributed by atoms with van der Waals surface area (Å²) >= 11 is 0. The average Bonchev–Trinajstić information content (AvgIpc) is 3.22. The van der Waals surface area contributed by atoms with Gasteiger partial charge >= 0.3 is 0 Å². The lowest BCUT2D eigenvalue weighted by Crippen LogP contribution is -2.36. The van der Waals surface area contributed by atoms with Gasteiger partial charge in [-0.15, -0.1) is 0 Å². The van der Waals surface area contributed by atoms with Crippen molar-refractivity contribution in [2.45, 2.75) is 50.8 Å². The van der Waals surface area contributed by atoms with Crippen LogP contribution < -0.4 is 0 Å². The number of β-amino-alcohol motifs (C(OH)–C–C–N with tert-alkyl or cyclic N) is 1. The third kappa shape index (κ3) is 2.54. The molecule has 120 valence electrons. The number of likely N-dealkylation sites (tertiary alicyclic amines) is 2. The summed E-state index contributed by atoms with van der Waals surface area (Å²) < 4.78 is 5.47. The topological polar surface area (TPSA) is 69.8 Å². The van der Waals surface area contributed by atoms with Crippen molar-refractivity contribution in [3.8, 4) is 0 Å². The number of hydrogen-bond acceptors (Lipinski definition) is 5. The van der Waals surface area contributed by atoms with Gasteiger partial charge in [-0.25, -0.2) is 4.98 Å². The Morgan fingerprint density at radius 1 is 1.32 bits per heavy atom. The maximum absolute atomic E-state index is 12.6. The molecular weight excluding hydrogens is 282 g/mol. The molecule has 1 N–H and O–H groups in total. The predicted octanol–water partition coefficient (Wildman–Crippen LogP) is 1.26. The van der Waals surface area contributed by atoms with Gasteiger partial charge in [0.2, 0.25) is 5.89 Å². The smallest absolute Gasteiger partial charge is 0.276 e. The molecule has 1 aliphatic carbocycles. The summed E-state index contributed by atoms with van der Waals surface area (Å²) in [6.07, 6.45) is 6.80. The molecule has 2 saturated heterocycles. The first-order chi connectivity index (χ1) is 10.7. The Morgan fingerprint density at radius 3 is 3.05 bits per heavy atom. The first-order valence-corrected chi connectivity index (χ1v) is 8.36. The number of aliphatic hydroxyl groups is 1. The van der Waals surface area contributed by atoms with Crippen molar-refractivity contribution in [3.05, 3.63) is 17.8 Å². The molecule has 3 fully saturated rings. The Morgan fingerprint density at radius 2 is 2.23 bits per heavy atom. The van der Waals surface area contributed by atoms with Crippen LogP contribution in [0.5, 0.6) is 0 Å². The van der Waals surface area contributed by atoms with Gasteiger partial charge in [-0.1, -0.05) is 6.42 Å². The van der Waals surface area contributed by atoms with E-state index in [9.17, 15) is 9.90 Å². The lowest BCUT2D eigenvalue weighted by Gasteiger charge is -2.22. The van der Waals surface area contributed by atoms with Gasteiger partial charge in [0.15, 0.2) is 5.69 Å². The second-order valence-corrected chi connectivity index (χ2v) is 6.85. The minimum Gasteiger partial charge on any atom is -0.447 e. The number of aliphatic hydroxyl groups excluding tert-OH is 1. The van der Waals surface area contributed by atoms with E-state index < -0.39 is 0 Å². The van der Waals surface area contributed by atoms with Gasteiger partial charge in [0.1, 0.15) is 6.26 Å². The number of carbonyl (C=O) groups excluding carboxylic acids is 1. The van der Waals surface area contributed by atoms with Crippen LogP contribution in [0.4, 0.5) is 0 Å². The third-order valence-corrected chi connectivity index (χ3v) is 5.40. The highest BCUT2D eigenvalue weighted by molar-refractivity contribution is 5.92. The number of fused-ring (bicyclic) bond motifs is 1. The standard InChI is InChI=1S/C16H23N3O3/c20-12-5-6-18(8-12)9-15-17-13(10-22-15)16(21)19-7-4-11-2-1-3-14(11)19/h10-12,14,20H,1-9H2/t11-,12-,14-/m0/s1. The van der Waals surface area contributed by atoms with Crippen LogP contribution in [0.25, 0.3) is 0 Å². The van der Waals surface area contributed by atoms with Crippen molar-refractivity contribution >= 4 is 5.91 Å². The quantitative estimate of drug-likeness (QED) is 0.910. The molecule has 0 bridgehead atoms. The number of aromatic nitrogens is 1. The lowest BCUT2D eigenvalue weighted by molar-refractivity contribution is 0.0722. The van der Waals surface area contributed by atoms with Crippen molar-refractivity contribution in [3.63, 3.8) is 0 Å². The number of oxazole rings is 1. The van der Waals surface area contributed by atoms with Crippen LogP contribution in [-0.2, 0) is 6.54 Å². The first-order valence-electron chi connectivity index (χ1n) is 8.36. The fourth-order valence-corrected chi connectivity index (χ4v) is 4.26. The van der Waals surface area contributed by atoms with Crippen LogP contribution >= 0.6 is 0 Å². The maximum Gasteiger partial charge on any atom is 0.276 e. The fourth-order valence-electron chi connectivity index (χ4n) is 4.26. The first kappa shape index (κ1) is 14.2. The normalized spacial score (nSPS) is 31.9. The van der Waals surface area contributed by atoms with Crippen LogP contribution in [0.1, 0.15) is 48.5 Å². The molecule has 1 amide bonds. The molecular formula is C16H23N3O3. The van der Waals surface area contributed by atoms with Gasteiger partial charge in [-0.3, -0.25) is 9.69 Å². The van der Waals surface area contributed by atoms with Gasteiger partial charge in [0.25, 0.3) is 5.91 Å². The molecule has 6 nitrogen and oxygen atoms in total. The van der Waals surface area contributed by atoms with E-state index >= 15 is 0 Å². The van der Waals surface area contributed by atoms with E-state index in [1.54, 1.807) is 0 Å². The third-order valence-electron chi connectivity index (χ3n) is 5.40. The Balaban J connectivity index is 1.41. The number of hydrogen-bond donors (Lipinski definition) is 1. The van der Waals surface area contributed by atoms with Crippen molar-refractivity contribution < 1.29 is 14.3 Å². The van der Waals surface area contributed by atoms with E-state index in [1.807, 2.05) is 4.90 Å². The summed E-state index contributed by atoms with van der Waals surface area (Å²) in [6, 6.07) is 0.418. The zero-order chi connectivity index (χ0) is 15.1. The largest absolute Gasteiger partial charge is 0.447 e. The monoisotopic (exact) mass is 305 g/mol. The fraction of sp³-hybridized carbons (Fsp3) is 0.750. The Bertz CT molecular complexity index is 559. The molecule has 0 unspecified atom stereocenters. The van der Waals surface area contributed by atoms with Crippen LogP contribution in [0, 0.1) is 5.92 Å². The summed E-state index contributed by atoms with van der Waals surface area (Å²) in [4.78, 5) is 21.1. The summed E-state index contributed by atoms with van der Waals surface area (Å²) in [6.45, 7) is 2.93. The number of carbonyl (C=O) groups is 1. The lowest BCUT2D eigenvalue weighted by atomic mass is 10.0. The van der Waals surface area contributed by atoms with Crippen LogP contribution in [0.3, 0.4) is 0 Å². The molecule has 3 atom stereocenters. The minimum atomic E-state index is -0.250. The maximum atomic E-state index is 12.6. The Hall–Kier alpha value is -1.40. The second-order valence-electron chi connectivity index (χ2n) is 6.85. The number of nitrogens with zero attached hydrogens (tertiary/aromatic N) is 3. The molecule has 1 saturated carbocycles. The van der Waals surface area contributed by atoms with Crippen molar-refractivity contribution in [2.75, 3.05) is 19.6 Å². The second kappa shape index (κ2) is 5.66. The van der Waals surface area contributed by atoms with Crippen LogP contribution in [0.2, 0.25) is 0 Å². The Kier molecular flexibility index (Phi) is 3.66. The van der Waals surface area contributed by atoms with Gasteiger partial charge in [0.05, 0.1) is 12.6 Å². The van der Waals surface area contributed by atoms with Crippen LogP contribution in [0.15, 0.2) is 10.7 Å². The summed E-state index contributed by atoms with van der Waals surface area (Å²) in [5.74, 6) is 1.28. The van der Waals surface area contributed by atoms with Crippen LogP contribution in [-0.4, -0.2) is 57.6 Å². The number of amides is 1. The number of rotatable bonds is 3. The minimum absolute atomic E-state index is 0.0193.